The summed E-state index contributed by atoms with van der Waals surface area (Å²) in [5.74, 6) is 2.77. The molecule has 1 aromatic carbocycles. The number of aryl methyl sites for hydroxylation is 1. The average molecular weight is 303 g/mol. The lowest BCUT2D eigenvalue weighted by Crippen LogP contribution is -2.29. The number of hydrogen-bond acceptors (Lipinski definition) is 3. The van der Waals surface area contributed by atoms with Crippen LogP contribution in [0.2, 0.25) is 0 Å². The fraction of sp³-hybridized carbons (Fsp3) is 0.353. The van der Waals surface area contributed by atoms with Crippen LogP contribution < -0.4 is 5.32 Å². The van der Waals surface area contributed by atoms with Gasteiger partial charge in [-0.15, -0.1) is 11.8 Å². The molecule has 0 radical (unpaired) electrons. The molecule has 0 spiro atoms. The molecule has 1 N–H and O–H groups in total. The summed E-state index contributed by atoms with van der Waals surface area (Å²) in [6.07, 6.45) is 0. The zero-order chi connectivity index (χ0) is 15.2. The molecule has 1 amide bonds. The van der Waals surface area contributed by atoms with Gasteiger partial charge >= 0.3 is 0 Å². The van der Waals surface area contributed by atoms with E-state index in [4.69, 9.17) is 4.42 Å². The van der Waals surface area contributed by atoms with Crippen LogP contribution in [-0.4, -0.2) is 11.9 Å². The van der Waals surface area contributed by atoms with Crippen molar-refractivity contribution in [1.29, 1.82) is 0 Å². The van der Waals surface area contributed by atoms with Crippen molar-refractivity contribution in [3.63, 3.8) is 0 Å². The number of rotatable bonds is 6. The van der Waals surface area contributed by atoms with Crippen LogP contribution in [0.25, 0.3) is 0 Å². The summed E-state index contributed by atoms with van der Waals surface area (Å²) in [4.78, 5) is 11.8. The molecular weight excluding hydrogens is 282 g/mol. The summed E-state index contributed by atoms with van der Waals surface area (Å²) in [5, 5.41) is 2.82. The van der Waals surface area contributed by atoms with Crippen LogP contribution in [0.1, 0.15) is 41.3 Å². The summed E-state index contributed by atoms with van der Waals surface area (Å²) in [6.45, 7) is 5.96. The van der Waals surface area contributed by atoms with Crippen LogP contribution >= 0.6 is 11.8 Å². The van der Waals surface area contributed by atoms with Crippen LogP contribution in [0.3, 0.4) is 0 Å². The Labute approximate surface area is 130 Å². The molecule has 0 fully saturated rings. The van der Waals surface area contributed by atoms with Gasteiger partial charge in [0, 0.05) is 11.8 Å². The van der Waals surface area contributed by atoms with Crippen LogP contribution in [0.15, 0.2) is 40.8 Å². The van der Waals surface area contributed by atoms with E-state index >= 15 is 0 Å². The molecule has 0 aliphatic rings. The minimum absolute atomic E-state index is 0.113. The van der Waals surface area contributed by atoms with Gasteiger partial charge in [0.2, 0.25) is 0 Å². The molecule has 0 saturated carbocycles. The Morgan fingerprint density at radius 2 is 2.05 bits per heavy atom. The summed E-state index contributed by atoms with van der Waals surface area (Å²) in [7, 11) is 0. The highest BCUT2D eigenvalue weighted by Gasteiger charge is 2.11. The van der Waals surface area contributed by atoms with Crippen molar-refractivity contribution in [2.24, 2.45) is 0 Å². The van der Waals surface area contributed by atoms with E-state index in [1.807, 2.05) is 19.9 Å². The van der Waals surface area contributed by atoms with Crippen molar-refractivity contribution in [2.45, 2.75) is 38.3 Å². The van der Waals surface area contributed by atoms with Crippen molar-refractivity contribution in [1.82, 2.24) is 5.32 Å². The van der Waals surface area contributed by atoms with E-state index in [-0.39, 0.29) is 11.9 Å². The predicted molar refractivity (Wildman–Crippen MR) is 87.5 cm³/mol. The van der Waals surface area contributed by atoms with Gasteiger partial charge in [0.15, 0.2) is 5.76 Å². The summed E-state index contributed by atoms with van der Waals surface area (Å²) >= 11 is 1.78. The van der Waals surface area contributed by atoms with Crippen molar-refractivity contribution in [3.05, 3.63) is 59.0 Å². The summed E-state index contributed by atoms with van der Waals surface area (Å²) < 4.78 is 5.58. The average Bonchev–Trinajstić information content (AvgIpc) is 2.87. The molecule has 1 aromatic heterocycles. The van der Waals surface area contributed by atoms with Crippen molar-refractivity contribution in [2.75, 3.05) is 0 Å². The number of carbonyl (C=O) groups excluding carboxylic acids is 1. The quantitative estimate of drug-likeness (QED) is 0.871. The maximum Gasteiger partial charge on any atom is 0.287 e. The molecule has 4 heteroatoms. The summed E-state index contributed by atoms with van der Waals surface area (Å²) in [5.41, 5.74) is 2.59. The largest absolute Gasteiger partial charge is 0.455 e. The number of benzene rings is 1. The van der Waals surface area contributed by atoms with E-state index in [1.165, 1.54) is 11.1 Å². The first-order chi connectivity index (χ1) is 10.0. The van der Waals surface area contributed by atoms with Crippen LogP contribution in [0.4, 0.5) is 0 Å². The Morgan fingerprint density at radius 1 is 1.24 bits per heavy atom. The van der Waals surface area contributed by atoms with Gasteiger partial charge in [0.25, 0.3) is 5.91 Å². The highest BCUT2D eigenvalue weighted by molar-refractivity contribution is 7.97. The molecule has 0 aliphatic heterocycles. The van der Waals surface area contributed by atoms with E-state index in [1.54, 1.807) is 17.8 Å². The standard InChI is InChI=1S/C17H21NO2S/c1-12(2)18-17(19)16-8-7-15(20-16)11-21-10-14-6-4-5-13(3)9-14/h4-9,12H,10-11H2,1-3H3,(H,18,19). The van der Waals surface area contributed by atoms with Gasteiger partial charge in [-0.05, 0) is 38.5 Å². The fourth-order valence-corrected chi connectivity index (χ4v) is 2.86. The number of thioether (sulfide) groups is 1. The van der Waals surface area contributed by atoms with Crippen LogP contribution in [-0.2, 0) is 11.5 Å². The third-order valence-electron chi connectivity index (χ3n) is 2.90. The Balaban J connectivity index is 1.84. The lowest BCUT2D eigenvalue weighted by molar-refractivity contribution is 0.0914. The zero-order valence-electron chi connectivity index (χ0n) is 12.7. The van der Waals surface area contributed by atoms with Gasteiger partial charge in [-0.2, -0.15) is 0 Å². The number of hydrogen-bond donors (Lipinski definition) is 1. The fourth-order valence-electron chi connectivity index (χ4n) is 1.98. The molecule has 0 bridgehead atoms. The number of carbonyl (C=O) groups is 1. The maximum atomic E-state index is 11.8. The first-order valence-corrected chi connectivity index (χ1v) is 8.23. The molecule has 2 aromatic rings. The Hall–Kier alpha value is -1.68. The lowest BCUT2D eigenvalue weighted by atomic mass is 10.2. The van der Waals surface area contributed by atoms with E-state index in [2.05, 4.69) is 36.5 Å². The highest BCUT2D eigenvalue weighted by atomic mass is 32.2. The van der Waals surface area contributed by atoms with Crippen molar-refractivity contribution >= 4 is 17.7 Å². The van der Waals surface area contributed by atoms with Gasteiger partial charge in [-0.25, -0.2) is 0 Å². The summed E-state index contributed by atoms with van der Waals surface area (Å²) in [6, 6.07) is 12.2. The van der Waals surface area contributed by atoms with Gasteiger partial charge in [0.1, 0.15) is 5.76 Å². The smallest absolute Gasteiger partial charge is 0.287 e. The van der Waals surface area contributed by atoms with Gasteiger partial charge in [0.05, 0.1) is 5.75 Å². The molecule has 112 valence electrons. The van der Waals surface area contributed by atoms with Crippen molar-refractivity contribution < 1.29 is 9.21 Å². The molecule has 0 saturated heterocycles. The minimum atomic E-state index is -0.153. The third-order valence-corrected chi connectivity index (χ3v) is 3.93. The Kier molecular flexibility index (Phi) is 5.51. The van der Waals surface area contributed by atoms with Gasteiger partial charge in [-0.1, -0.05) is 29.8 Å². The van der Waals surface area contributed by atoms with Crippen molar-refractivity contribution in [3.8, 4) is 0 Å². The second-order valence-corrected chi connectivity index (χ2v) is 6.36. The second-order valence-electron chi connectivity index (χ2n) is 5.38. The number of nitrogens with one attached hydrogen (secondary N) is 1. The molecule has 21 heavy (non-hydrogen) atoms. The molecule has 0 unspecified atom stereocenters. The molecule has 0 aliphatic carbocycles. The van der Waals surface area contributed by atoms with E-state index in [9.17, 15) is 4.79 Å². The maximum absolute atomic E-state index is 11.8. The normalized spacial score (nSPS) is 10.9. The molecule has 1 heterocycles. The third kappa shape index (κ3) is 4.97. The first kappa shape index (κ1) is 15.7. The Bertz CT molecular complexity index is 604. The molecule has 2 rings (SSSR count). The predicted octanol–water partition coefficient (Wildman–Crippen LogP) is 4.16. The number of furan rings is 1. The molecule has 3 nitrogen and oxygen atoms in total. The van der Waals surface area contributed by atoms with E-state index in [0.29, 0.717) is 5.76 Å². The SMILES string of the molecule is Cc1cccc(CSCc2ccc(C(=O)NC(C)C)o2)c1. The first-order valence-electron chi connectivity index (χ1n) is 7.07. The molecule has 0 atom stereocenters. The number of amides is 1. The molecular formula is C17H21NO2S. The second kappa shape index (κ2) is 7.36. The monoisotopic (exact) mass is 303 g/mol. The van der Waals surface area contributed by atoms with Gasteiger partial charge < -0.3 is 9.73 Å². The highest BCUT2D eigenvalue weighted by Crippen LogP contribution is 2.20. The van der Waals surface area contributed by atoms with E-state index in [0.717, 1.165) is 17.3 Å². The lowest BCUT2D eigenvalue weighted by Gasteiger charge is -2.05. The zero-order valence-corrected chi connectivity index (χ0v) is 13.5. The van der Waals surface area contributed by atoms with Gasteiger partial charge in [-0.3, -0.25) is 4.79 Å². The Morgan fingerprint density at radius 3 is 2.76 bits per heavy atom. The van der Waals surface area contributed by atoms with Crippen LogP contribution in [0, 0.1) is 6.92 Å². The van der Waals surface area contributed by atoms with Crippen LogP contribution in [0.5, 0.6) is 0 Å². The van der Waals surface area contributed by atoms with E-state index < -0.39 is 0 Å². The topological polar surface area (TPSA) is 42.2 Å². The minimum Gasteiger partial charge on any atom is -0.455 e.